The van der Waals surface area contributed by atoms with Gasteiger partial charge in [-0.15, -0.1) is 0 Å². The van der Waals surface area contributed by atoms with Crippen LogP contribution in [0, 0.1) is 0 Å². The van der Waals surface area contributed by atoms with Gasteiger partial charge in [-0.2, -0.15) is 18.2 Å². The van der Waals surface area contributed by atoms with Crippen LogP contribution < -0.4 is 15.3 Å². The largest absolute Gasteiger partial charge is 0.493 e. The van der Waals surface area contributed by atoms with Crippen LogP contribution in [-0.4, -0.2) is 54.8 Å². The molecular weight excluding hydrogens is 517 g/mol. The molecule has 0 aliphatic carbocycles. The number of piperidine rings is 1. The highest BCUT2D eigenvalue weighted by Crippen LogP contribution is 2.46. The zero-order valence-electron chi connectivity index (χ0n) is 21.3. The van der Waals surface area contributed by atoms with Crippen molar-refractivity contribution in [3.8, 4) is 0 Å². The van der Waals surface area contributed by atoms with E-state index in [0.717, 1.165) is 10.6 Å². The van der Waals surface area contributed by atoms with Gasteiger partial charge in [0.1, 0.15) is 5.69 Å². The lowest BCUT2D eigenvalue weighted by atomic mass is 9.95. The first-order valence-electron chi connectivity index (χ1n) is 12.6. The Balaban J connectivity index is 1.75. The minimum Gasteiger partial charge on any atom is -0.465 e. The van der Waals surface area contributed by atoms with Gasteiger partial charge < -0.3 is 24.4 Å². The lowest BCUT2D eigenvalue weighted by molar-refractivity contribution is -0.202. The van der Waals surface area contributed by atoms with Crippen LogP contribution in [0.2, 0.25) is 0 Å². The van der Waals surface area contributed by atoms with Gasteiger partial charge in [0.25, 0.3) is 5.91 Å². The van der Waals surface area contributed by atoms with E-state index in [4.69, 9.17) is 9.57 Å². The SMILES string of the molecule is CCn1cc(C2C(=O)N(C3CCNCC3)c3cc(C(=O)OC)ccc3N2OC(=O)C(F)(F)F)c2ccccc21. The summed E-state index contributed by atoms with van der Waals surface area (Å²) in [5.74, 6) is -3.70. The van der Waals surface area contributed by atoms with E-state index in [1.807, 2.05) is 23.6 Å². The number of amides is 1. The highest BCUT2D eigenvalue weighted by Gasteiger charge is 2.49. The zero-order chi connectivity index (χ0) is 27.9. The first-order valence-corrected chi connectivity index (χ1v) is 12.6. The van der Waals surface area contributed by atoms with Gasteiger partial charge in [0.15, 0.2) is 6.04 Å². The number of carbonyl (C=O) groups is 3. The third-order valence-corrected chi connectivity index (χ3v) is 7.14. The quantitative estimate of drug-likeness (QED) is 0.483. The van der Waals surface area contributed by atoms with Crippen LogP contribution in [0.3, 0.4) is 0 Å². The number of nitrogens with zero attached hydrogens (tertiary/aromatic N) is 3. The molecule has 1 aromatic heterocycles. The third kappa shape index (κ3) is 4.69. The summed E-state index contributed by atoms with van der Waals surface area (Å²) < 4.78 is 47.0. The lowest BCUT2D eigenvalue weighted by Gasteiger charge is -2.45. The number of hydroxylamine groups is 1. The number of halogens is 3. The number of benzene rings is 2. The van der Waals surface area contributed by atoms with Crippen LogP contribution >= 0.6 is 0 Å². The molecule has 5 rings (SSSR count). The molecule has 1 fully saturated rings. The topological polar surface area (TPSA) is 93.1 Å². The summed E-state index contributed by atoms with van der Waals surface area (Å²) >= 11 is 0. The number of carbonyl (C=O) groups excluding carboxylic acids is 3. The molecule has 39 heavy (non-hydrogen) atoms. The number of fused-ring (bicyclic) bond motifs is 2. The number of aryl methyl sites for hydroxylation is 1. The Morgan fingerprint density at radius 2 is 1.79 bits per heavy atom. The maximum Gasteiger partial charge on any atom is 0.493 e. The average molecular weight is 545 g/mol. The molecule has 3 heterocycles. The van der Waals surface area contributed by atoms with Crippen molar-refractivity contribution in [3.05, 3.63) is 59.8 Å². The number of alkyl halides is 3. The Hall–Kier alpha value is -4.06. The van der Waals surface area contributed by atoms with Gasteiger partial charge in [-0.3, -0.25) is 4.79 Å². The second-order valence-corrected chi connectivity index (χ2v) is 9.38. The van der Waals surface area contributed by atoms with E-state index in [9.17, 15) is 27.6 Å². The van der Waals surface area contributed by atoms with E-state index >= 15 is 0 Å². The average Bonchev–Trinajstić information content (AvgIpc) is 3.30. The van der Waals surface area contributed by atoms with Crippen molar-refractivity contribution in [2.75, 3.05) is 30.2 Å². The Morgan fingerprint density at radius 3 is 2.46 bits per heavy atom. The monoisotopic (exact) mass is 544 g/mol. The highest BCUT2D eigenvalue weighted by molar-refractivity contribution is 6.09. The van der Waals surface area contributed by atoms with Crippen molar-refractivity contribution in [1.29, 1.82) is 0 Å². The van der Waals surface area contributed by atoms with E-state index in [-0.39, 0.29) is 23.0 Å². The normalized spacial score (nSPS) is 18.3. The molecule has 0 bridgehead atoms. The van der Waals surface area contributed by atoms with Crippen molar-refractivity contribution < 1.29 is 37.1 Å². The molecule has 0 radical (unpaired) electrons. The number of hydrogen-bond donors (Lipinski definition) is 1. The Labute approximate surface area is 222 Å². The first kappa shape index (κ1) is 26.5. The fraction of sp³-hybridized carbons (Fsp3) is 0.370. The van der Waals surface area contributed by atoms with E-state index in [1.54, 1.807) is 18.3 Å². The minimum atomic E-state index is -5.30. The van der Waals surface area contributed by atoms with Gasteiger partial charge >= 0.3 is 18.1 Å². The number of esters is 1. The van der Waals surface area contributed by atoms with Gasteiger partial charge in [-0.1, -0.05) is 18.2 Å². The molecule has 1 N–H and O–H groups in total. The maximum absolute atomic E-state index is 14.4. The molecule has 1 amide bonds. The molecule has 9 nitrogen and oxygen atoms in total. The molecule has 0 spiro atoms. The van der Waals surface area contributed by atoms with E-state index < -0.39 is 30.1 Å². The number of aromatic nitrogens is 1. The summed E-state index contributed by atoms with van der Waals surface area (Å²) in [7, 11) is 1.20. The number of anilines is 2. The third-order valence-electron chi connectivity index (χ3n) is 7.14. The van der Waals surface area contributed by atoms with E-state index in [1.165, 1.54) is 30.2 Å². The van der Waals surface area contributed by atoms with Gasteiger partial charge in [0, 0.05) is 35.2 Å². The summed E-state index contributed by atoms with van der Waals surface area (Å²) in [5, 5.41) is 4.61. The molecule has 0 saturated carbocycles. The summed E-state index contributed by atoms with van der Waals surface area (Å²) in [5.41, 5.74) is 1.50. The summed E-state index contributed by atoms with van der Waals surface area (Å²) in [6.07, 6.45) is -2.43. The van der Waals surface area contributed by atoms with E-state index in [0.29, 0.717) is 43.4 Å². The van der Waals surface area contributed by atoms with Crippen LogP contribution in [0.4, 0.5) is 24.5 Å². The van der Waals surface area contributed by atoms with Crippen molar-refractivity contribution in [3.63, 3.8) is 0 Å². The number of methoxy groups -OCH3 is 1. The van der Waals surface area contributed by atoms with Crippen LogP contribution in [0.5, 0.6) is 0 Å². The minimum absolute atomic E-state index is 0.0525. The molecule has 1 saturated heterocycles. The second-order valence-electron chi connectivity index (χ2n) is 9.38. The summed E-state index contributed by atoms with van der Waals surface area (Å²) in [6, 6.07) is 9.65. The second kappa shape index (κ2) is 10.3. The first-order chi connectivity index (χ1) is 18.7. The number of para-hydroxylation sites is 1. The Kier molecular flexibility index (Phi) is 6.98. The van der Waals surface area contributed by atoms with Gasteiger partial charge in [-0.25, -0.2) is 9.59 Å². The van der Waals surface area contributed by atoms with Gasteiger partial charge in [0.05, 0.1) is 18.4 Å². The van der Waals surface area contributed by atoms with Crippen LogP contribution in [0.25, 0.3) is 10.9 Å². The van der Waals surface area contributed by atoms with Crippen LogP contribution in [0.1, 0.15) is 41.7 Å². The Bertz CT molecular complexity index is 1430. The van der Waals surface area contributed by atoms with Crippen LogP contribution in [-0.2, 0) is 25.7 Å². The number of hydrogen-bond acceptors (Lipinski definition) is 7. The van der Waals surface area contributed by atoms with Crippen molar-refractivity contribution in [1.82, 2.24) is 9.88 Å². The number of nitrogens with one attached hydrogen (secondary N) is 1. The standard InChI is InChI=1S/C27H27F3N4O5/c1-3-32-15-19(18-6-4-5-7-20(18)32)23-24(35)33(17-10-12-31-13-11-17)22-14-16(25(36)38-2)8-9-21(22)34(23)39-26(37)27(28,29)30/h4-9,14-15,17,23,31H,3,10-13H2,1-2H3. The maximum atomic E-state index is 14.4. The lowest BCUT2D eigenvalue weighted by Crippen LogP contribution is -2.55. The fourth-order valence-electron chi connectivity index (χ4n) is 5.34. The van der Waals surface area contributed by atoms with Crippen molar-refractivity contribution in [2.45, 2.75) is 44.6 Å². The van der Waals surface area contributed by atoms with Crippen molar-refractivity contribution in [2.24, 2.45) is 0 Å². The van der Waals surface area contributed by atoms with Crippen molar-refractivity contribution >= 4 is 40.1 Å². The Morgan fingerprint density at radius 1 is 1.08 bits per heavy atom. The zero-order valence-corrected chi connectivity index (χ0v) is 21.3. The van der Waals surface area contributed by atoms with E-state index in [2.05, 4.69) is 5.32 Å². The predicted molar refractivity (Wildman–Crippen MR) is 136 cm³/mol. The number of rotatable bonds is 5. The molecule has 2 aliphatic rings. The molecular formula is C27H27F3N4O5. The van der Waals surface area contributed by atoms with Gasteiger partial charge in [0.2, 0.25) is 0 Å². The van der Waals surface area contributed by atoms with Crippen LogP contribution in [0.15, 0.2) is 48.7 Å². The molecule has 1 atom stereocenters. The summed E-state index contributed by atoms with van der Waals surface area (Å²) in [4.78, 5) is 45.4. The smallest absolute Gasteiger partial charge is 0.465 e. The predicted octanol–water partition coefficient (Wildman–Crippen LogP) is 4.11. The molecule has 1 unspecified atom stereocenters. The summed E-state index contributed by atoms with van der Waals surface area (Å²) in [6.45, 7) is 3.71. The van der Waals surface area contributed by atoms with Gasteiger partial charge in [-0.05, 0) is 57.1 Å². The molecule has 2 aromatic carbocycles. The number of ether oxygens (including phenoxy) is 1. The fourth-order valence-corrected chi connectivity index (χ4v) is 5.34. The molecule has 2 aliphatic heterocycles. The molecule has 3 aromatic rings. The highest BCUT2D eigenvalue weighted by atomic mass is 19.4. The molecule has 206 valence electrons. The molecule has 12 heteroatoms.